The Morgan fingerprint density at radius 3 is 2.64 bits per heavy atom. The highest BCUT2D eigenvalue weighted by Crippen LogP contribution is 2.28. The molecule has 0 spiro atoms. The molecule has 2 heterocycles. The average molecular weight is 489 g/mol. The largest absolute Gasteiger partial charge is 0.463 e. The highest BCUT2D eigenvalue weighted by Gasteiger charge is 2.14. The second-order valence-electron chi connectivity index (χ2n) is 7.92. The summed E-state index contributed by atoms with van der Waals surface area (Å²) in [6, 6.07) is 14.2. The highest BCUT2D eigenvalue weighted by molar-refractivity contribution is 6.06. The van der Waals surface area contributed by atoms with E-state index in [0.29, 0.717) is 52.0 Å². The molecule has 0 aliphatic carbocycles. The zero-order valence-electron chi connectivity index (χ0n) is 20.4. The lowest BCUT2D eigenvalue weighted by atomic mass is 10.1. The molecule has 10 nitrogen and oxygen atoms in total. The number of hydrogen-bond donors (Lipinski definition) is 3. The van der Waals surface area contributed by atoms with Gasteiger partial charge < -0.3 is 25.1 Å². The van der Waals surface area contributed by atoms with Crippen LogP contribution in [-0.2, 0) is 4.79 Å². The summed E-state index contributed by atoms with van der Waals surface area (Å²) in [6.45, 7) is 6.01. The number of hydrogen-bond acceptors (Lipinski definition) is 8. The molecule has 2 amide bonds. The minimum atomic E-state index is -0.221. The number of amides is 2. The van der Waals surface area contributed by atoms with Crippen molar-refractivity contribution >= 4 is 40.1 Å². The fourth-order valence-electron chi connectivity index (χ4n) is 3.62. The Morgan fingerprint density at radius 1 is 1.06 bits per heavy atom. The van der Waals surface area contributed by atoms with Gasteiger partial charge in [0, 0.05) is 42.1 Å². The molecule has 0 fully saturated rings. The average Bonchev–Trinajstić information content (AvgIpc) is 3.30. The van der Waals surface area contributed by atoms with Crippen LogP contribution in [0.1, 0.15) is 24.2 Å². The molecule has 0 saturated carbocycles. The summed E-state index contributed by atoms with van der Waals surface area (Å²) in [4.78, 5) is 35.0. The summed E-state index contributed by atoms with van der Waals surface area (Å²) in [5.74, 6) is 0.872. The molecule has 186 valence electrons. The summed E-state index contributed by atoms with van der Waals surface area (Å²) in [7, 11) is 1.57. The predicted octanol–water partition coefficient (Wildman–Crippen LogP) is 4.40. The van der Waals surface area contributed by atoms with Crippen molar-refractivity contribution in [2.75, 3.05) is 37.3 Å². The Hall–Kier alpha value is -4.44. The van der Waals surface area contributed by atoms with Gasteiger partial charge in [0.1, 0.15) is 17.6 Å². The molecule has 2 aromatic carbocycles. The maximum Gasteiger partial charge on any atom is 0.254 e. The smallest absolute Gasteiger partial charge is 0.254 e. The first-order valence-corrected chi connectivity index (χ1v) is 11.6. The van der Waals surface area contributed by atoms with Crippen LogP contribution in [0.25, 0.3) is 11.0 Å². The SMILES string of the molecule is CCN(CC)CC(=O)Nc1cccc(Nc2nccc(Oc3ccc4c(C(=O)NC)coc4c3)n2)c1. The van der Waals surface area contributed by atoms with E-state index in [1.54, 1.807) is 37.5 Å². The van der Waals surface area contributed by atoms with Gasteiger partial charge in [0.25, 0.3) is 5.91 Å². The molecule has 0 atom stereocenters. The number of benzene rings is 2. The Bertz CT molecular complexity index is 1370. The monoisotopic (exact) mass is 488 g/mol. The number of carbonyl (C=O) groups excluding carboxylic acids is 2. The third-order valence-corrected chi connectivity index (χ3v) is 5.54. The first kappa shape index (κ1) is 24.7. The van der Waals surface area contributed by atoms with Crippen LogP contribution in [0.5, 0.6) is 11.6 Å². The van der Waals surface area contributed by atoms with Gasteiger partial charge in [-0.2, -0.15) is 4.98 Å². The Morgan fingerprint density at radius 2 is 1.86 bits per heavy atom. The van der Waals surface area contributed by atoms with Gasteiger partial charge in [-0.15, -0.1) is 0 Å². The van der Waals surface area contributed by atoms with E-state index in [4.69, 9.17) is 9.15 Å². The van der Waals surface area contributed by atoms with Crippen LogP contribution < -0.4 is 20.7 Å². The molecule has 36 heavy (non-hydrogen) atoms. The molecule has 3 N–H and O–H groups in total. The lowest BCUT2D eigenvalue weighted by Crippen LogP contribution is -2.32. The predicted molar refractivity (Wildman–Crippen MR) is 138 cm³/mol. The van der Waals surface area contributed by atoms with Crippen LogP contribution >= 0.6 is 0 Å². The summed E-state index contributed by atoms with van der Waals surface area (Å²) < 4.78 is 11.4. The maximum absolute atomic E-state index is 12.3. The first-order valence-electron chi connectivity index (χ1n) is 11.6. The molecule has 0 bridgehead atoms. The Labute approximate surface area is 208 Å². The van der Waals surface area contributed by atoms with Crippen molar-refractivity contribution in [1.29, 1.82) is 0 Å². The number of nitrogens with zero attached hydrogens (tertiary/aromatic N) is 3. The van der Waals surface area contributed by atoms with Crippen molar-refractivity contribution in [1.82, 2.24) is 20.2 Å². The minimum absolute atomic E-state index is 0.0709. The molecule has 10 heteroatoms. The van der Waals surface area contributed by atoms with Gasteiger partial charge in [-0.25, -0.2) is 4.98 Å². The van der Waals surface area contributed by atoms with E-state index in [-0.39, 0.29) is 11.8 Å². The van der Waals surface area contributed by atoms with E-state index in [0.717, 1.165) is 13.1 Å². The fraction of sp³-hybridized carbons (Fsp3) is 0.231. The maximum atomic E-state index is 12.3. The summed E-state index contributed by atoms with van der Waals surface area (Å²) in [5, 5.41) is 9.33. The third kappa shape index (κ3) is 5.97. The molecular formula is C26H28N6O4. The third-order valence-electron chi connectivity index (χ3n) is 5.54. The van der Waals surface area contributed by atoms with Crippen LogP contribution in [0.2, 0.25) is 0 Å². The number of likely N-dealkylation sites (N-methyl/N-ethyl adjacent to an activating group) is 1. The number of anilines is 3. The topological polar surface area (TPSA) is 122 Å². The molecule has 0 aliphatic rings. The van der Waals surface area contributed by atoms with E-state index >= 15 is 0 Å². The van der Waals surface area contributed by atoms with Gasteiger partial charge >= 0.3 is 0 Å². The molecule has 4 rings (SSSR count). The number of carbonyl (C=O) groups is 2. The molecule has 2 aromatic heterocycles. The lowest BCUT2D eigenvalue weighted by Gasteiger charge is -2.17. The highest BCUT2D eigenvalue weighted by atomic mass is 16.5. The Balaban J connectivity index is 1.43. The van der Waals surface area contributed by atoms with E-state index in [2.05, 4.69) is 25.9 Å². The van der Waals surface area contributed by atoms with E-state index < -0.39 is 0 Å². The fourth-order valence-corrected chi connectivity index (χ4v) is 3.62. The summed E-state index contributed by atoms with van der Waals surface area (Å²) in [5.41, 5.74) is 2.37. The minimum Gasteiger partial charge on any atom is -0.463 e. The zero-order chi connectivity index (χ0) is 25.5. The number of ether oxygens (including phenoxy) is 1. The van der Waals surface area contributed by atoms with Crippen molar-refractivity contribution in [2.45, 2.75) is 13.8 Å². The van der Waals surface area contributed by atoms with Crippen molar-refractivity contribution in [3.05, 3.63) is 66.6 Å². The van der Waals surface area contributed by atoms with Crippen LogP contribution in [0, 0.1) is 0 Å². The van der Waals surface area contributed by atoms with Crippen molar-refractivity contribution in [3.8, 4) is 11.6 Å². The van der Waals surface area contributed by atoms with E-state index in [9.17, 15) is 9.59 Å². The number of rotatable bonds is 10. The van der Waals surface area contributed by atoms with Crippen molar-refractivity contribution < 1.29 is 18.7 Å². The van der Waals surface area contributed by atoms with Gasteiger partial charge in [-0.05, 0) is 43.4 Å². The van der Waals surface area contributed by atoms with Crippen LogP contribution in [0.15, 0.2) is 65.4 Å². The van der Waals surface area contributed by atoms with Crippen LogP contribution in [0.3, 0.4) is 0 Å². The molecule has 0 unspecified atom stereocenters. The molecule has 0 radical (unpaired) electrons. The van der Waals surface area contributed by atoms with Gasteiger partial charge in [0.15, 0.2) is 0 Å². The first-order chi connectivity index (χ1) is 17.5. The quantitative estimate of drug-likeness (QED) is 0.300. The van der Waals surface area contributed by atoms with Crippen molar-refractivity contribution in [3.63, 3.8) is 0 Å². The standard InChI is InChI=1S/C26H28N6O4/c1-4-32(5-2)15-23(33)29-17-7-6-8-18(13-17)30-26-28-12-11-24(31-26)36-19-9-10-20-21(25(34)27-3)16-35-22(20)14-19/h6-14,16H,4-5,15H2,1-3H3,(H,27,34)(H,29,33)(H,28,30,31). The van der Waals surface area contributed by atoms with Crippen LogP contribution in [-0.4, -0.2) is 53.4 Å². The molecule has 0 saturated heterocycles. The lowest BCUT2D eigenvalue weighted by molar-refractivity contribution is -0.117. The summed E-state index contributed by atoms with van der Waals surface area (Å²) >= 11 is 0. The second kappa shape index (κ2) is 11.3. The van der Waals surface area contributed by atoms with Crippen LogP contribution in [0.4, 0.5) is 17.3 Å². The van der Waals surface area contributed by atoms with Gasteiger partial charge in [-0.3, -0.25) is 14.5 Å². The number of furan rings is 1. The van der Waals surface area contributed by atoms with Gasteiger partial charge in [-0.1, -0.05) is 19.9 Å². The van der Waals surface area contributed by atoms with Crippen molar-refractivity contribution in [2.24, 2.45) is 0 Å². The molecule has 4 aromatic rings. The number of fused-ring (bicyclic) bond motifs is 1. The Kier molecular flexibility index (Phi) is 7.76. The normalized spacial score (nSPS) is 10.9. The molecular weight excluding hydrogens is 460 g/mol. The second-order valence-corrected chi connectivity index (χ2v) is 7.92. The van der Waals surface area contributed by atoms with Gasteiger partial charge in [0.2, 0.25) is 17.7 Å². The molecule has 0 aliphatic heterocycles. The number of nitrogens with one attached hydrogen (secondary N) is 3. The zero-order valence-corrected chi connectivity index (χ0v) is 20.4. The summed E-state index contributed by atoms with van der Waals surface area (Å²) in [6.07, 6.45) is 3.00. The van der Waals surface area contributed by atoms with Gasteiger partial charge in [0.05, 0.1) is 12.1 Å². The van der Waals surface area contributed by atoms with E-state index in [1.807, 2.05) is 43.0 Å². The van der Waals surface area contributed by atoms with E-state index in [1.165, 1.54) is 6.26 Å². The number of aromatic nitrogens is 2.